The molecule has 3 N–H and O–H groups in total. The van der Waals surface area contributed by atoms with Crippen molar-refractivity contribution in [2.45, 2.75) is 44.2 Å². The lowest BCUT2D eigenvalue weighted by atomic mass is 9.83. The van der Waals surface area contributed by atoms with E-state index in [9.17, 15) is 9.59 Å². The number of hydrogen-bond acceptors (Lipinski definition) is 3. The monoisotopic (exact) mass is 304 g/mol. The van der Waals surface area contributed by atoms with Crippen molar-refractivity contribution in [3.63, 3.8) is 0 Å². The maximum absolute atomic E-state index is 12.5. The van der Waals surface area contributed by atoms with E-state index in [0.717, 1.165) is 31.2 Å². The summed E-state index contributed by atoms with van der Waals surface area (Å²) in [5.41, 5.74) is 6.26. The molecule has 0 unspecified atom stereocenters. The van der Waals surface area contributed by atoms with Crippen LogP contribution in [0.3, 0.4) is 0 Å². The zero-order chi connectivity index (χ0) is 15.9. The molecule has 0 aromatic heterocycles. The molecule has 5 heteroatoms. The van der Waals surface area contributed by atoms with Crippen LogP contribution in [0.15, 0.2) is 30.3 Å². The van der Waals surface area contributed by atoms with Crippen molar-refractivity contribution in [2.24, 2.45) is 11.7 Å². The Morgan fingerprint density at radius 1 is 1.18 bits per heavy atom. The Morgan fingerprint density at radius 2 is 1.82 bits per heavy atom. The number of nitrogens with two attached hydrogens (primary N) is 1. The molecule has 120 valence electrons. The van der Waals surface area contributed by atoms with E-state index in [2.05, 4.69) is 5.32 Å². The van der Waals surface area contributed by atoms with Gasteiger partial charge in [0, 0.05) is 7.11 Å². The van der Waals surface area contributed by atoms with E-state index in [1.54, 1.807) is 0 Å². The normalized spacial score (nSPS) is 18.4. The molecule has 5 nitrogen and oxygen atoms in total. The Labute approximate surface area is 131 Å². The number of rotatable bonds is 6. The number of hydrogen-bond donors (Lipinski definition) is 2. The summed E-state index contributed by atoms with van der Waals surface area (Å²) >= 11 is 0. The van der Waals surface area contributed by atoms with Gasteiger partial charge in [-0.05, 0) is 24.3 Å². The van der Waals surface area contributed by atoms with Crippen LogP contribution < -0.4 is 11.1 Å². The Kier molecular flexibility index (Phi) is 5.95. The first-order valence-corrected chi connectivity index (χ1v) is 7.81. The van der Waals surface area contributed by atoms with Crippen molar-refractivity contribution in [3.05, 3.63) is 35.9 Å². The van der Waals surface area contributed by atoms with Gasteiger partial charge < -0.3 is 15.8 Å². The minimum atomic E-state index is -0.730. The van der Waals surface area contributed by atoms with Crippen LogP contribution in [0.5, 0.6) is 0 Å². The van der Waals surface area contributed by atoms with Crippen LogP contribution in [0, 0.1) is 5.92 Å². The highest BCUT2D eigenvalue weighted by Gasteiger charge is 2.31. The minimum absolute atomic E-state index is 0.128. The van der Waals surface area contributed by atoms with Crippen LogP contribution in [0.2, 0.25) is 0 Å². The molecular formula is C17H24N2O3. The van der Waals surface area contributed by atoms with Crippen LogP contribution in [0.1, 0.15) is 43.8 Å². The quantitative estimate of drug-likeness (QED) is 0.842. The van der Waals surface area contributed by atoms with Gasteiger partial charge in [-0.3, -0.25) is 9.59 Å². The van der Waals surface area contributed by atoms with Gasteiger partial charge in [0.2, 0.25) is 5.91 Å². The van der Waals surface area contributed by atoms with Crippen LogP contribution in [0.25, 0.3) is 0 Å². The van der Waals surface area contributed by atoms with Gasteiger partial charge in [-0.2, -0.15) is 0 Å². The SMILES string of the molecule is CO[C@H](C(=O)N[C@@H](C(N)=O)C1CCCCC1)c1ccccc1. The zero-order valence-electron chi connectivity index (χ0n) is 13.0. The predicted molar refractivity (Wildman–Crippen MR) is 83.9 cm³/mol. The number of carbonyl (C=O) groups is 2. The summed E-state index contributed by atoms with van der Waals surface area (Å²) in [4.78, 5) is 24.2. The fraction of sp³-hybridized carbons (Fsp3) is 0.529. The molecule has 0 radical (unpaired) electrons. The van der Waals surface area contributed by atoms with Crippen LogP contribution in [-0.4, -0.2) is 25.0 Å². The molecule has 1 fully saturated rings. The van der Waals surface area contributed by atoms with Crippen molar-refractivity contribution in [1.82, 2.24) is 5.32 Å². The summed E-state index contributed by atoms with van der Waals surface area (Å²) in [5, 5.41) is 2.80. The third kappa shape index (κ3) is 4.07. The second-order valence-electron chi connectivity index (χ2n) is 5.81. The summed E-state index contributed by atoms with van der Waals surface area (Å²) < 4.78 is 5.30. The molecule has 1 aromatic rings. The Bertz CT molecular complexity index is 498. The number of carbonyl (C=O) groups excluding carboxylic acids is 2. The van der Waals surface area contributed by atoms with Gasteiger partial charge in [-0.15, -0.1) is 0 Å². The van der Waals surface area contributed by atoms with E-state index in [4.69, 9.17) is 10.5 Å². The highest BCUT2D eigenvalue weighted by molar-refractivity contribution is 5.89. The smallest absolute Gasteiger partial charge is 0.254 e. The van der Waals surface area contributed by atoms with Gasteiger partial charge in [-0.1, -0.05) is 49.6 Å². The summed E-state index contributed by atoms with van der Waals surface area (Å²) in [6.07, 6.45) is 4.47. The number of benzene rings is 1. The van der Waals surface area contributed by atoms with Gasteiger partial charge >= 0.3 is 0 Å². The molecule has 0 saturated heterocycles. The largest absolute Gasteiger partial charge is 0.368 e. The first kappa shape index (κ1) is 16.5. The van der Waals surface area contributed by atoms with Gasteiger partial charge in [0.15, 0.2) is 6.10 Å². The van der Waals surface area contributed by atoms with Crippen molar-refractivity contribution in [3.8, 4) is 0 Å². The van der Waals surface area contributed by atoms with E-state index in [-0.39, 0.29) is 11.8 Å². The third-order valence-corrected chi connectivity index (χ3v) is 4.30. The summed E-state index contributed by atoms with van der Waals surface area (Å²) in [6, 6.07) is 8.61. The number of amides is 2. The van der Waals surface area contributed by atoms with Gasteiger partial charge in [0.05, 0.1) is 0 Å². The average molecular weight is 304 g/mol. The molecule has 0 bridgehead atoms. The number of nitrogens with one attached hydrogen (secondary N) is 1. The molecule has 22 heavy (non-hydrogen) atoms. The van der Waals surface area contributed by atoms with Crippen molar-refractivity contribution in [2.75, 3.05) is 7.11 Å². The van der Waals surface area contributed by atoms with Crippen molar-refractivity contribution in [1.29, 1.82) is 0 Å². The number of methoxy groups -OCH3 is 1. The fourth-order valence-corrected chi connectivity index (χ4v) is 3.14. The van der Waals surface area contributed by atoms with E-state index >= 15 is 0 Å². The molecule has 1 aliphatic carbocycles. The third-order valence-electron chi connectivity index (χ3n) is 4.30. The van der Waals surface area contributed by atoms with Crippen molar-refractivity contribution < 1.29 is 14.3 Å². The molecule has 0 spiro atoms. The van der Waals surface area contributed by atoms with E-state index < -0.39 is 18.1 Å². The topological polar surface area (TPSA) is 81.4 Å². The fourth-order valence-electron chi connectivity index (χ4n) is 3.14. The van der Waals surface area contributed by atoms with Gasteiger partial charge in [-0.25, -0.2) is 0 Å². The molecule has 0 heterocycles. The van der Waals surface area contributed by atoms with E-state index in [1.807, 2.05) is 30.3 Å². The molecular weight excluding hydrogens is 280 g/mol. The average Bonchev–Trinajstić information content (AvgIpc) is 2.55. The molecule has 2 atom stereocenters. The standard InChI is InChI=1S/C17H24N2O3/c1-22-15(13-10-6-3-7-11-13)17(21)19-14(16(18)20)12-8-4-2-5-9-12/h3,6-7,10-12,14-15H,2,4-5,8-9H2,1H3,(H2,18,20)(H,19,21)/t14-,15+/m1/s1. The summed E-state index contributed by atoms with van der Waals surface area (Å²) in [6.45, 7) is 0. The molecule has 1 aromatic carbocycles. The highest BCUT2D eigenvalue weighted by atomic mass is 16.5. The van der Waals surface area contributed by atoms with Crippen LogP contribution in [-0.2, 0) is 14.3 Å². The predicted octanol–water partition coefficient (Wildman–Crippen LogP) is 1.92. The van der Waals surface area contributed by atoms with Gasteiger partial charge in [0.1, 0.15) is 6.04 Å². The maximum Gasteiger partial charge on any atom is 0.254 e. The molecule has 0 aliphatic heterocycles. The molecule has 1 aliphatic rings. The van der Waals surface area contributed by atoms with E-state index in [0.29, 0.717) is 0 Å². The van der Waals surface area contributed by atoms with Gasteiger partial charge in [0.25, 0.3) is 5.91 Å². The molecule has 2 rings (SSSR count). The lowest BCUT2D eigenvalue weighted by molar-refractivity contribution is -0.136. The minimum Gasteiger partial charge on any atom is -0.368 e. The summed E-state index contributed by atoms with van der Waals surface area (Å²) in [5.74, 6) is -0.658. The summed E-state index contributed by atoms with van der Waals surface area (Å²) in [7, 11) is 1.48. The van der Waals surface area contributed by atoms with Crippen LogP contribution in [0.4, 0.5) is 0 Å². The first-order valence-electron chi connectivity index (χ1n) is 7.81. The Balaban J connectivity index is 2.07. The number of primary amides is 1. The first-order chi connectivity index (χ1) is 10.6. The Morgan fingerprint density at radius 3 is 2.36 bits per heavy atom. The second-order valence-corrected chi connectivity index (χ2v) is 5.81. The second kappa shape index (κ2) is 7.94. The zero-order valence-corrected chi connectivity index (χ0v) is 13.0. The number of ether oxygens (including phenoxy) is 1. The highest BCUT2D eigenvalue weighted by Crippen LogP contribution is 2.27. The molecule has 1 saturated carbocycles. The molecule has 2 amide bonds. The lowest BCUT2D eigenvalue weighted by Gasteiger charge is -2.29. The maximum atomic E-state index is 12.5. The van der Waals surface area contributed by atoms with E-state index in [1.165, 1.54) is 13.5 Å². The Hall–Kier alpha value is -1.88. The lowest BCUT2D eigenvalue weighted by Crippen LogP contribution is -2.51. The van der Waals surface area contributed by atoms with Crippen LogP contribution >= 0.6 is 0 Å². The van der Waals surface area contributed by atoms with Crippen molar-refractivity contribution >= 4 is 11.8 Å².